The molecule has 1 amide bonds. The first-order chi connectivity index (χ1) is 15.2. The Balaban J connectivity index is 1.50. The number of aryl methyl sites for hydroxylation is 1. The Hall–Kier alpha value is -3.24. The molecule has 1 saturated heterocycles. The molecule has 1 aliphatic heterocycles. The van der Waals surface area contributed by atoms with Gasteiger partial charge in [-0.2, -0.15) is 9.40 Å². The fraction of sp³-hybridized carbons (Fsp3) is 0.273. The standard InChI is InChI=1S/C22H23FN4O4S/c1-15-7-8-20(28)21(13-15)32(30,31)26-11-9-25(10-12-26)22(29)17-14-24-27(16(17)2)19-6-4-3-5-18(19)23/h3-8,13-14,28H,9-12H2,1-2H3. The molecule has 3 aromatic rings. The lowest BCUT2D eigenvalue weighted by Gasteiger charge is -2.34. The highest BCUT2D eigenvalue weighted by atomic mass is 32.2. The molecule has 32 heavy (non-hydrogen) atoms. The van der Waals surface area contributed by atoms with Crippen LogP contribution in [-0.2, 0) is 10.0 Å². The number of sulfonamides is 1. The van der Waals surface area contributed by atoms with Crippen LogP contribution in [0.4, 0.5) is 4.39 Å². The van der Waals surface area contributed by atoms with Crippen LogP contribution in [0.15, 0.2) is 53.6 Å². The van der Waals surface area contributed by atoms with E-state index in [4.69, 9.17) is 0 Å². The largest absolute Gasteiger partial charge is 0.507 e. The van der Waals surface area contributed by atoms with Gasteiger partial charge in [-0.25, -0.2) is 17.5 Å². The zero-order valence-electron chi connectivity index (χ0n) is 17.7. The highest BCUT2D eigenvalue weighted by molar-refractivity contribution is 7.89. The Labute approximate surface area is 185 Å². The van der Waals surface area contributed by atoms with E-state index in [-0.39, 0.29) is 48.4 Å². The van der Waals surface area contributed by atoms with Crippen molar-refractivity contribution in [2.75, 3.05) is 26.2 Å². The Morgan fingerprint density at radius 1 is 1.06 bits per heavy atom. The minimum atomic E-state index is -3.89. The van der Waals surface area contributed by atoms with Gasteiger partial charge in [0.25, 0.3) is 5.91 Å². The molecule has 168 valence electrons. The number of rotatable bonds is 4. The van der Waals surface area contributed by atoms with E-state index in [9.17, 15) is 22.7 Å². The van der Waals surface area contributed by atoms with E-state index in [2.05, 4.69) is 5.10 Å². The predicted octanol–water partition coefficient (Wildman–Crippen LogP) is 2.48. The minimum absolute atomic E-state index is 0.0992. The number of amides is 1. The summed E-state index contributed by atoms with van der Waals surface area (Å²) in [4.78, 5) is 14.5. The number of carbonyl (C=O) groups excluding carboxylic acids is 1. The molecular weight excluding hydrogens is 435 g/mol. The van der Waals surface area contributed by atoms with Crippen molar-refractivity contribution in [3.63, 3.8) is 0 Å². The summed E-state index contributed by atoms with van der Waals surface area (Å²) in [7, 11) is -3.89. The summed E-state index contributed by atoms with van der Waals surface area (Å²) in [6, 6.07) is 10.6. The van der Waals surface area contributed by atoms with Crippen molar-refractivity contribution in [2.24, 2.45) is 0 Å². The average Bonchev–Trinajstić information content (AvgIpc) is 3.16. The van der Waals surface area contributed by atoms with Crippen LogP contribution in [0.2, 0.25) is 0 Å². The van der Waals surface area contributed by atoms with E-state index >= 15 is 0 Å². The number of halogens is 1. The number of nitrogens with zero attached hydrogens (tertiary/aromatic N) is 4. The molecule has 0 radical (unpaired) electrons. The van der Waals surface area contributed by atoms with E-state index in [1.807, 2.05) is 0 Å². The smallest absolute Gasteiger partial charge is 0.257 e. The monoisotopic (exact) mass is 458 g/mol. The van der Waals surface area contributed by atoms with Crippen molar-refractivity contribution in [3.8, 4) is 11.4 Å². The van der Waals surface area contributed by atoms with E-state index in [1.165, 1.54) is 33.4 Å². The number of para-hydroxylation sites is 1. The number of piperazine rings is 1. The SMILES string of the molecule is Cc1ccc(O)c(S(=O)(=O)N2CCN(C(=O)c3cnn(-c4ccccc4F)c3C)CC2)c1. The van der Waals surface area contributed by atoms with Crippen molar-refractivity contribution in [3.05, 3.63) is 71.3 Å². The summed E-state index contributed by atoms with van der Waals surface area (Å²) < 4.78 is 42.7. The van der Waals surface area contributed by atoms with Gasteiger partial charge in [0.1, 0.15) is 22.1 Å². The molecular formula is C22H23FN4O4S. The third-order valence-electron chi connectivity index (χ3n) is 5.58. The van der Waals surface area contributed by atoms with Crippen LogP contribution in [0.1, 0.15) is 21.6 Å². The number of phenols is 1. The maximum Gasteiger partial charge on any atom is 0.257 e. The summed E-state index contributed by atoms with van der Waals surface area (Å²) in [5.41, 5.74) is 1.80. The first kappa shape index (κ1) is 22.0. The van der Waals surface area contributed by atoms with Gasteiger partial charge >= 0.3 is 0 Å². The molecule has 0 unspecified atom stereocenters. The summed E-state index contributed by atoms with van der Waals surface area (Å²) in [5.74, 6) is -1.04. The summed E-state index contributed by atoms with van der Waals surface area (Å²) in [6.45, 7) is 4.01. The molecule has 0 atom stereocenters. The fourth-order valence-electron chi connectivity index (χ4n) is 3.75. The van der Waals surface area contributed by atoms with Crippen LogP contribution < -0.4 is 0 Å². The Bertz CT molecular complexity index is 1280. The summed E-state index contributed by atoms with van der Waals surface area (Å²) >= 11 is 0. The van der Waals surface area contributed by atoms with Gasteiger partial charge in [-0.05, 0) is 43.7 Å². The van der Waals surface area contributed by atoms with Gasteiger partial charge in [0.15, 0.2) is 0 Å². The lowest BCUT2D eigenvalue weighted by molar-refractivity contribution is 0.0697. The zero-order chi connectivity index (χ0) is 23.0. The number of hydrogen-bond acceptors (Lipinski definition) is 5. The molecule has 8 nitrogen and oxygen atoms in total. The molecule has 2 heterocycles. The Morgan fingerprint density at radius 2 is 1.75 bits per heavy atom. The van der Waals surface area contributed by atoms with Gasteiger partial charge in [-0.3, -0.25) is 4.79 Å². The third-order valence-corrected chi connectivity index (χ3v) is 7.51. The summed E-state index contributed by atoms with van der Waals surface area (Å²) in [5, 5.41) is 14.2. The molecule has 0 aliphatic carbocycles. The van der Waals surface area contributed by atoms with Crippen molar-refractivity contribution in [1.29, 1.82) is 0 Å². The quantitative estimate of drug-likeness (QED) is 0.648. The predicted molar refractivity (Wildman–Crippen MR) is 116 cm³/mol. The van der Waals surface area contributed by atoms with Gasteiger partial charge in [-0.1, -0.05) is 18.2 Å². The first-order valence-electron chi connectivity index (χ1n) is 10.1. The molecule has 4 rings (SSSR count). The average molecular weight is 459 g/mol. The highest BCUT2D eigenvalue weighted by Gasteiger charge is 2.33. The molecule has 1 aromatic heterocycles. The van der Waals surface area contributed by atoms with Crippen LogP contribution in [0.3, 0.4) is 0 Å². The summed E-state index contributed by atoms with van der Waals surface area (Å²) in [6.07, 6.45) is 1.40. The lowest BCUT2D eigenvalue weighted by atomic mass is 10.2. The van der Waals surface area contributed by atoms with Crippen LogP contribution in [0.5, 0.6) is 5.75 Å². The molecule has 1 aliphatic rings. The highest BCUT2D eigenvalue weighted by Crippen LogP contribution is 2.28. The molecule has 0 spiro atoms. The van der Waals surface area contributed by atoms with E-state index in [1.54, 1.807) is 43.0 Å². The third kappa shape index (κ3) is 3.87. The maximum absolute atomic E-state index is 14.1. The number of hydrogen-bond donors (Lipinski definition) is 1. The molecule has 10 heteroatoms. The molecule has 2 aromatic carbocycles. The minimum Gasteiger partial charge on any atom is -0.507 e. The van der Waals surface area contributed by atoms with E-state index in [0.717, 1.165) is 5.56 Å². The van der Waals surface area contributed by atoms with E-state index in [0.29, 0.717) is 11.3 Å². The van der Waals surface area contributed by atoms with E-state index < -0.39 is 15.8 Å². The zero-order valence-corrected chi connectivity index (χ0v) is 18.5. The van der Waals surface area contributed by atoms with Gasteiger partial charge < -0.3 is 10.0 Å². The number of aromatic hydroxyl groups is 1. The van der Waals surface area contributed by atoms with Gasteiger partial charge in [-0.15, -0.1) is 0 Å². The van der Waals surface area contributed by atoms with Crippen LogP contribution in [-0.4, -0.2) is 64.6 Å². The topological polar surface area (TPSA) is 95.7 Å². The molecule has 1 fully saturated rings. The second-order valence-corrected chi connectivity index (χ2v) is 9.58. The normalized spacial score (nSPS) is 15.2. The van der Waals surface area contributed by atoms with Crippen LogP contribution in [0, 0.1) is 19.7 Å². The number of benzene rings is 2. The number of aromatic nitrogens is 2. The Morgan fingerprint density at radius 3 is 2.44 bits per heavy atom. The molecule has 0 saturated carbocycles. The maximum atomic E-state index is 14.1. The Kier molecular flexibility index (Phi) is 5.74. The lowest BCUT2D eigenvalue weighted by Crippen LogP contribution is -2.50. The first-order valence-corrected chi connectivity index (χ1v) is 11.5. The second kappa shape index (κ2) is 8.36. The van der Waals surface area contributed by atoms with Crippen molar-refractivity contribution >= 4 is 15.9 Å². The van der Waals surface area contributed by atoms with Crippen molar-refractivity contribution in [2.45, 2.75) is 18.7 Å². The van der Waals surface area contributed by atoms with Crippen molar-refractivity contribution in [1.82, 2.24) is 19.0 Å². The van der Waals surface area contributed by atoms with Crippen molar-refractivity contribution < 1.29 is 22.7 Å². The number of phenolic OH excluding ortho intramolecular Hbond substituents is 1. The molecule has 1 N–H and O–H groups in total. The second-order valence-electron chi connectivity index (χ2n) is 7.67. The van der Waals surface area contributed by atoms with Gasteiger partial charge in [0.05, 0.1) is 17.5 Å². The molecule has 0 bridgehead atoms. The van der Waals surface area contributed by atoms with Gasteiger partial charge in [0.2, 0.25) is 10.0 Å². The van der Waals surface area contributed by atoms with Crippen LogP contribution in [0.25, 0.3) is 5.69 Å². The fourth-order valence-corrected chi connectivity index (χ4v) is 5.34. The van der Waals surface area contributed by atoms with Crippen LogP contribution >= 0.6 is 0 Å². The number of carbonyl (C=O) groups is 1. The van der Waals surface area contributed by atoms with Gasteiger partial charge in [0, 0.05) is 26.2 Å².